The second-order valence-corrected chi connectivity index (χ2v) is 9.65. The number of nitro groups is 1. The van der Waals surface area contributed by atoms with Crippen LogP contribution in [0, 0.1) is 21.7 Å². The summed E-state index contributed by atoms with van der Waals surface area (Å²) in [6, 6.07) is 8.79. The molecule has 0 saturated carbocycles. The first-order chi connectivity index (χ1) is 17.4. The summed E-state index contributed by atoms with van der Waals surface area (Å²) in [7, 11) is 3.45. The lowest BCUT2D eigenvalue weighted by molar-refractivity contribution is -0.384. The van der Waals surface area contributed by atoms with Crippen LogP contribution >= 0.6 is 11.3 Å². The maximum Gasteiger partial charge on any atom is 0.415 e. The third-order valence-electron chi connectivity index (χ3n) is 5.20. The zero-order valence-electron chi connectivity index (χ0n) is 20.5. The monoisotopic (exact) mass is 533 g/mol. The van der Waals surface area contributed by atoms with Gasteiger partial charge < -0.3 is 14.7 Å². The number of non-ortho nitro benzene ring substituents is 1. The fourth-order valence-electron chi connectivity index (χ4n) is 3.62. The molecule has 0 radical (unpaired) electrons. The van der Waals surface area contributed by atoms with Gasteiger partial charge in [0, 0.05) is 34.7 Å². The number of nitro benzene ring substituents is 1. The van der Waals surface area contributed by atoms with Crippen LogP contribution in [-0.2, 0) is 17.8 Å². The standard InChI is InChI=1S/C25H25F2N3O6S/c1-14(2)36-25(33)29(13-17-19(26)6-5-7-20(17)27)23-21(24(31)32)18(12-28(3)4)22(37-23)15-8-10-16(11-9-15)30(34)35/h5-11,14H,12-13H2,1-4H3,(H,31,32). The Balaban J connectivity index is 2.27. The van der Waals surface area contributed by atoms with Crippen LogP contribution in [-0.4, -0.2) is 47.2 Å². The van der Waals surface area contributed by atoms with Crippen molar-refractivity contribution in [3.05, 3.63) is 80.9 Å². The maximum absolute atomic E-state index is 14.5. The van der Waals surface area contributed by atoms with Gasteiger partial charge >= 0.3 is 12.1 Å². The predicted molar refractivity (Wildman–Crippen MR) is 135 cm³/mol. The number of carbonyl (C=O) groups excluding carboxylic acids is 1. The molecule has 0 saturated heterocycles. The molecule has 3 aromatic rings. The molecule has 0 aliphatic heterocycles. The van der Waals surface area contributed by atoms with Crippen molar-refractivity contribution >= 4 is 34.1 Å². The molecule has 9 nitrogen and oxygen atoms in total. The van der Waals surface area contributed by atoms with Crippen molar-refractivity contribution in [3.63, 3.8) is 0 Å². The lowest BCUT2D eigenvalue weighted by Gasteiger charge is -2.23. The predicted octanol–water partition coefficient (Wildman–Crippen LogP) is 5.91. The molecule has 12 heteroatoms. The molecule has 0 spiro atoms. The van der Waals surface area contributed by atoms with Crippen molar-refractivity contribution in [2.75, 3.05) is 19.0 Å². The van der Waals surface area contributed by atoms with Crippen LogP contribution in [0.1, 0.15) is 35.3 Å². The molecule has 1 aromatic heterocycles. The van der Waals surface area contributed by atoms with Crippen molar-refractivity contribution in [2.24, 2.45) is 0 Å². The molecule has 37 heavy (non-hydrogen) atoms. The summed E-state index contributed by atoms with van der Waals surface area (Å²) in [5.74, 6) is -3.16. The summed E-state index contributed by atoms with van der Waals surface area (Å²) >= 11 is 0.921. The molecule has 1 N–H and O–H groups in total. The number of ether oxygens (including phenoxy) is 1. The quantitative estimate of drug-likeness (QED) is 0.269. The fourth-order valence-corrected chi connectivity index (χ4v) is 4.92. The Kier molecular flexibility index (Phi) is 8.56. The third kappa shape index (κ3) is 6.27. The van der Waals surface area contributed by atoms with Gasteiger partial charge in [-0.3, -0.25) is 15.0 Å². The number of carboxylic acids is 1. The van der Waals surface area contributed by atoms with Crippen molar-refractivity contribution in [3.8, 4) is 10.4 Å². The first-order valence-corrected chi connectivity index (χ1v) is 11.9. The number of anilines is 1. The van der Waals surface area contributed by atoms with Gasteiger partial charge in [-0.05, 0) is 57.8 Å². The summed E-state index contributed by atoms with van der Waals surface area (Å²) in [4.78, 5) is 39.3. The highest BCUT2D eigenvalue weighted by Crippen LogP contribution is 2.44. The number of carbonyl (C=O) groups is 2. The van der Waals surface area contributed by atoms with Crippen molar-refractivity contribution < 1.29 is 33.1 Å². The highest BCUT2D eigenvalue weighted by molar-refractivity contribution is 7.20. The van der Waals surface area contributed by atoms with E-state index >= 15 is 0 Å². The summed E-state index contributed by atoms with van der Waals surface area (Å²) < 4.78 is 34.4. The number of aromatic carboxylic acids is 1. The largest absolute Gasteiger partial charge is 0.478 e. The van der Waals surface area contributed by atoms with Crippen LogP contribution in [0.3, 0.4) is 0 Å². The minimum atomic E-state index is -1.35. The highest BCUT2D eigenvalue weighted by Gasteiger charge is 2.33. The molecule has 196 valence electrons. The van der Waals surface area contributed by atoms with E-state index in [2.05, 4.69) is 0 Å². The molecule has 1 amide bonds. The first kappa shape index (κ1) is 27.7. The van der Waals surface area contributed by atoms with E-state index in [1.54, 1.807) is 32.8 Å². The molecule has 0 fully saturated rings. The average molecular weight is 534 g/mol. The van der Waals surface area contributed by atoms with Gasteiger partial charge in [-0.1, -0.05) is 6.07 Å². The molecule has 0 unspecified atom stereocenters. The zero-order chi connectivity index (χ0) is 27.4. The molecular weight excluding hydrogens is 508 g/mol. The van der Waals surface area contributed by atoms with Gasteiger partial charge in [-0.15, -0.1) is 11.3 Å². The number of thiophene rings is 1. The van der Waals surface area contributed by atoms with Crippen molar-refractivity contribution in [1.82, 2.24) is 4.90 Å². The van der Waals surface area contributed by atoms with E-state index in [-0.39, 0.29) is 22.8 Å². The molecule has 0 aliphatic carbocycles. The lowest BCUT2D eigenvalue weighted by atomic mass is 10.0. The van der Waals surface area contributed by atoms with E-state index in [0.717, 1.165) is 28.4 Å². The van der Waals surface area contributed by atoms with Crippen LogP contribution in [0.4, 0.5) is 24.3 Å². The molecular formula is C25H25F2N3O6S. The molecule has 3 rings (SSSR count). The number of nitrogens with zero attached hydrogens (tertiary/aromatic N) is 3. The normalized spacial score (nSPS) is 11.1. The van der Waals surface area contributed by atoms with E-state index in [1.165, 1.54) is 30.3 Å². The molecule has 1 heterocycles. The number of carboxylic acid groups (broad SMARTS) is 1. The van der Waals surface area contributed by atoms with E-state index in [9.17, 15) is 33.6 Å². The summed E-state index contributed by atoms with van der Waals surface area (Å²) in [5, 5.41) is 21.2. The Morgan fingerprint density at radius 2 is 1.65 bits per heavy atom. The number of hydrogen-bond acceptors (Lipinski definition) is 7. The molecule has 0 aliphatic rings. The average Bonchev–Trinajstić information content (AvgIpc) is 3.16. The number of benzene rings is 2. The summed E-state index contributed by atoms with van der Waals surface area (Å²) in [6.45, 7) is 2.70. The van der Waals surface area contributed by atoms with E-state index in [1.807, 2.05) is 0 Å². The van der Waals surface area contributed by atoms with Crippen molar-refractivity contribution in [1.29, 1.82) is 0 Å². The van der Waals surface area contributed by atoms with Crippen LogP contribution in [0.25, 0.3) is 10.4 Å². The minimum absolute atomic E-state index is 0.0778. The Bertz CT molecular complexity index is 1300. The Morgan fingerprint density at radius 3 is 2.14 bits per heavy atom. The van der Waals surface area contributed by atoms with Crippen LogP contribution in [0.5, 0.6) is 0 Å². The number of halogens is 2. The first-order valence-electron chi connectivity index (χ1n) is 11.1. The van der Waals surface area contributed by atoms with Gasteiger partial charge in [-0.25, -0.2) is 18.4 Å². The van der Waals surface area contributed by atoms with Gasteiger partial charge in [0.05, 0.1) is 23.1 Å². The van der Waals surface area contributed by atoms with Crippen LogP contribution < -0.4 is 4.90 Å². The third-order valence-corrected chi connectivity index (χ3v) is 6.50. The Morgan fingerprint density at radius 1 is 1.05 bits per heavy atom. The van der Waals surface area contributed by atoms with Crippen LogP contribution in [0.15, 0.2) is 42.5 Å². The van der Waals surface area contributed by atoms with Gasteiger partial charge in [0.25, 0.3) is 5.69 Å². The topological polar surface area (TPSA) is 113 Å². The SMILES string of the molecule is CC(C)OC(=O)N(Cc1c(F)cccc1F)c1sc(-c2ccc([N+](=O)[O-])cc2)c(CN(C)C)c1C(=O)O. The number of hydrogen-bond donors (Lipinski definition) is 1. The minimum Gasteiger partial charge on any atom is -0.478 e. The van der Waals surface area contributed by atoms with Gasteiger partial charge in [0.15, 0.2) is 0 Å². The van der Waals surface area contributed by atoms with E-state index in [0.29, 0.717) is 16.0 Å². The number of rotatable bonds is 9. The zero-order valence-corrected chi connectivity index (χ0v) is 21.3. The Hall–Kier alpha value is -3.90. The molecule has 2 aromatic carbocycles. The highest BCUT2D eigenvalue weighted by atomic mass is 32.1. The van der Waals surface area contributed by atoms with Crippen LogP contribution in [0.2, 0.25) is 0 Å². The van der Waals surface area contributed by atoms with Crippen molar-refractivity contribution in [2.45, 2.75) is 33.0 Å². The van der Waals surface area contributed by atoms with E-state index < -0.39 is 46.8 Å². The second kappa shape index (κ2) is 11.4. The van der Waals surface area contributed by atoms with Gasteiger partial charge in [0.1, 0.15) is 16.6 Å². The van der Waals surface area contributed by atoms with Gasteiger partial charge in [0.2, 0.25) is 0 Å². The molecule has 0 atom stereocenters. The summed E-state index contributed by atoms with van der Waals surface area (Å²) in [5.41, 5.74) is 0.00645. The number of amides is 1. The Labute approximate surface area is 215 Å². The lowest BCUT2D eigenvalue weighted by Crippen LogP contribution is -2.34. The maximum atomic E-state index is 14.5. The molecule has 0 bridgehead atoms. The second-order valence-electron chi connectivity index (χ2n) is 8.66. The fraction of sp³-hybridized carbons (Fsp3) is 0.280. The smallest absolute Gasteiger partial charge is 0.415 e. The van der Waals surface area contributed by atoms with E-state index in [4.69, 9.17) is 4.74 Å². The van der Waals surface area contributed by atoms with Gasteiger partial charge in [-0.2, -0.15) is 0 Å². The summed E-state index contributed by atoms with van der Waals surface area (Å²) in [6.07, 6.45) is -1.57.